The van der Waals surface area contributed by atoms with E-state index in [-0.39, 0.29) is 23.8 Å². The maximum absolute atomic E-state index is 12.4. The maximum atomic E-state index is 12.4. The summed E-state index contributed by atoms with van der Waals surface area (Å²) in [7, 11) is 4.26. The van der Waals surface area contributed by atoms with Crippen molar-refractivity contribution in [3.63, 3.8) is 0 Å². The molecule has 1 aliphatic heterocycles. The van der Waals surface area contributed by atoms with Crippen LogP contribution in [0.15, 0.2) is 0 Å². The van der Waals surface area contributed by atoms with Gasteiger partial charge in [0.15, 0.2) is 5.79 Å². The number of esters is 2. The molecule has 0 bridgehead atoms. The summed E-state index contributed by atoms with van der Waals surface area (Å²) in [6, 6.07) is 0. The fraction of sp³-hybridized carbons (Fsp3) is 0.959. The number of ether oxygens (including phenoxy) is 4. The Hall–Kier alpha value is -1.18. The number of carbonyl (C=O) groups excluding carboxylic acids is 2. The average Bonchev–Trinajstić information content (AvgIpc) is 3.60. The number of nitrogens with zero attached hydrogens (tertiary/aromatic N) is 1. The first kappa shape index (κ1) is 52.8. The van der Waals surface area contributed by atoms with E-state index in [1.165, 1.54) is 128 Å². The van der Waals surface area contributed by atoms with Crippen LogP contribution in [0.4, 0.5) is 0 Å². The Kier molecular flexibility index (Phi) is 34.8. The lowest BCUT2D eigenvalue weighted by Crippen LogP contribution is -2.31. The minimum absolute atomic E-state index is 0.0157. The molecule has 0 saturated carbocycles. The van der Waals surface area contributed by atoms with Crippen LogP contribution in [0.5, 0.6) is 0 Å². The van der Waals surface area contributed by atoms with Gasteiger partial charge in [-0.3, -0.25) is 9.59 Å². The molecule has 0 aliphatic carbocycles. The van der Waals surface area contributed by atoms with Gasteiger partial charge in [-0.15, -0.1) is 0 Å². The van der Waals surface area contributed by atoms with Gasteiger partial charge in [-0.2, -0.15) is 0 Å². The number of unbranched alkanes of at least 4 members (excludes halogenated alkanes) is 18. The highest BCUT2D eigenvalue weighted by Crippen LogP contribution is 2.36. The first-order valence-electron chi connectivity index (χ1n) is 24.5. The molecule has 0 aromatic carbocycles. The number of hydrogen-bond acceptors (Lipinski definition) is 7. The lowest BCUT2D eigenvalue weighted by molar-refractivity contribution is -0.180. The number of carbonyl (C=O) groups is 2. The van der Waals surface area contributed by atoms with Crippen LogP contribution >= 0.6 is 0 Å². The van der Waals surface area contributed by atoms with E-state index in [0.29, 0.717) is 37.9 Å². The molecule has 7 nitrogen and oxygen atoms in total. The van der Waals surface area contributed by atoms with Crippen molar-refractivity contribution >= 4 is 11.9 Å². The van der Waals surface area contributed by atoms with Crippen molar-refractivity contribution in [1.82, 2.24) is 4.90 Å². The summed E-state index contributed by atoms with van der Waals surface area (Å²) in [5.74, 6) is 0.656. The normalized spacial score (nSPS) is 15.4. The lowest BCUT2D eigenvalue weighted by atomic mass is 9.93. The van der Waals surface area contributed by atoms with Crippen molar-refractivity contribution in [3.05, 3.63) is 0 Å². The van der Waals surface area contributed by atoms with E-state index in [0.717, 1.165) is 83.8 Å². The van der Waals surface area contributed by atoms with Crippen LogP contribution in [0.2, 0.25) is 0 Å². The van der Waals surface area contributed by atoms with Gasteiger partial charge in [-0.25, -0.2) is 0 Å². The Morgan fingerprint density at radius 3 is 1.27 bits per heavy atom. The van der Waals surface area contributed by atoms with Crippen LogP contribution in [0.25, 0.3) is 0 Å². The second-order valence-corrected chi connectivity index (χ2v) is 17.9. The van der Waals surface area contributed by atoms with Crippen LogP contribution in [-0.4, -0.2) is 69.2 Å². The predicted octanol–water partition coefficient (Wildman–Crippen LogP) is 13.9. The molecule has 0 N–H and O–H groups in total. The van der Waals surface area contributed by atoms with E-state index in [1.807, 2.05) is 0 Å². The molecule has 1 saturated heterocycles. The summed E-state index contributed by atoms with van der Waals surface area (Å²) in [6.45, 7) is 11.8. The summed E-state index contributed by atoms with van der Waals surface area (Å²) < 4.78 is 24.4. The van der Waals surface area contributed by atoms with Gasteiger partial charge in [0.1, 0.15) is 0 Å². The van der Waals surface area contributed by atoms with Crippen LogP contribution in [0.3, 0.4) is 0 Å². The van der Waals surface area contributed by atoms with Gasteiger partial charge in [-0.05, 0) is 83.7 Å². The zero-order chi connectivity index (χ0) is 41.0. The second kappa shape index (κ2) is 36.9. The zero-order valence-corrected chi connectivity index (χ0v) is 38.3. The van der Waals surface area contributed by atoms with E-state index in [1.54, 1.807) is 0 Å². The smallest absolute Gasteiger partial charge is 0.306 e. The molecule has 0 amide bonds. The Morgan fingerprint density at radius 2 is 0.911 bits per heavy atom. The van der Waals surface area contributed by atoms with Crippen LogP contribution in [-0.2, 0) is 28.5 Å². The standard InChI is InChI=1S/C49H95NO6/c1-7-11-31-44(32-12-8-2)41-47(51)53-39-29-25-21-17-15-19-23-27-36-49(55-43-46(56-49)35-38-50(5)6)37-28-24-20-16-18-22-26-30-40-54-48(52)42-45(33-13-9-3)34-14-10-4/h44-46H,7-43H2,1-6H3. The molecule has 1 fully saturated rings. The molecule has 1 heterocycles. The quantitative estimate of drug-likeness (QED) is 0.0451. The average molecular weight is 794 g/mol. The molecule has 0 aromatic rings. The molecule has 1 unspecified atom stereocenters. The summed E-state index contributed by atoms with van der Waals surface area (Å²) in [5.41, 5.74) is 0. The van der Waals surface area contributed by atoms with Gasteiger partial charge in [0.05, 0.1) is 25.9 Å². The van der Waals surface area contributed by atoms with Crippen molar-refractivity contribution in [1.29, 1.82) is 0 Å². The first-order valence-corrected chi connectivity index (χ1v) is 24.5. The predicted molar refractivity (Wildman–Crippen MR) is 236 cm³/mol. The third-order valence-corrected chi connectivity index (χ3v) is 12.0. The third-order valence-electron chi connectivity index (χ3n) is 12.0. The summed E-state index contributed by atoms with van der Waals surface area (Å²) in [6.07, 6.45) is 38.0. The fourth-order valence-corrected chi connectivity index (χ4v) is 8.29. The van der Waals surface area contributed by atoms with Crippen molar-refractivity contribution in [2.24, 2.45) is 11.8 Å². The van der Waals surface area contributed by atoms with E-state index in [9.17, 15) is 9.59 Å². The van der Waals surface area contributed by atoms with Crippen LogP contribution in [0.1, 0.15) is 240 Å². The molecule has 0 aromatic heterocycles. The fourth-order valence-electron chi connectivity index (χ4n) is 8.29. The van der Waals surface area contributed by atoms with Gasteiger partial charge >= 0.3 is 11.9 Å². The van der Waals surface area contributed by atoms with E-state index in [4.69, 9.17) is 18.9 Å². The molecule has 1 aliphatic rings. The van der Waals surface area contributed by atoms with Crippen LogP contribution in [0, 0.1) is 11.8 Å². The molecule has 332 valence electrons. The van der Waals surface area contributed by atoms with Crippen molar-refractivity contribution in [3.8, 4) is 0 Å². The van der Waals surface area contributed by atoms with Crippen LogP contribution < -0.4 is 0 Å². The molecule has 1 rings (SSSR count). The Balaban J connectivity index is 2.19. The molecule has 56 heavy (non-hydrogen) atoms. The summed E-state index contributed by atoms with van der Waals surface area (Å²) in [5, 5.41) is 0. The topological polar surface area (TPSA) is 74.3 Å². The Labute approximate surface area is 348 Å². The second-order valence-electron chi connectivity index (χ2n) is 17.9. The summed E-state index contributed by atoms with van der Waals surface area (Å²) >= 11 is 0. The van der Waals surface area contributed by atoms with Gasteiger partial charge in [0.2, 0.25) is 0 Å². The van der Waals surface area contributed by atoms with E-state index >= 15 is 0 Å². The Morgan fingerprint density at radius 1 is 0.554 bits per heavy atom. The maximum Gasteiger partial charge on any atom is 0.306 e. The monoisotopic (exact) mass is 794 g/mol. The molecule has 7 heteroatoms. The third kappa shape index (κ3) is 29.9. The Bertz CT molecular complexity index is 824. The lowest BCUT2D eigenvalue weighted by Gasteiger charge is -2.29. The minimum Gasteiger partial charge on any atom is -0.466 e. The molecule has 0 radical (unpaired) electrons. The molecular formula is C49H95NO6. The van der Waals surface area contributed by atoms with Gasteiger partial charge in [0.25, 0.3) is 0 Å². The first-order chi connectivity index (χ1) is 27.3. The van der Waals surface area contributed by atoms with Gasteiger partial charge in [0, 0.05) is 32.2 Å². The minimum atomic E-state index is -0.385. The SMILES string of the molecule is CCCCC(CCCC)CC(=O)OCCCCCCCCCCC1(CCCCCCCCCCOC(=O)CC(CCCC)CCCC)OCC(CCN(C)C)O1. The highest BCUT2D eigenvalue weighted by Gasteiger charge is 2.40. The van der Waals surface area contributed by atoms with Crippen molar-refractivity contribution in [2.45, 2.75) is 251 Å². The highest BCUT2D eigenvalue weighted by molar-refractivity contribution is 5.70. The van der Waals surface area contributed by atoms with Crippen molar-refractivity contribution in [2.75, 3.05) is 40.5 Å². The number of hydrogen-bond donors (Lipinski definition) is 0. The molecule has 0 spiro atoms. The summed E-state index contributed by atoms with van der Waals surface area (Å²) in [4.78, 5) is 27.0. The van der Waals surface area contributed by atoms with Crippen molar-refractivity contribution < 1.29 is 28.5 Å². The molecular weight excluding hydrogens is 699 g/mol. The zero-order valence-electron chi connectivity index (χ0n) is 38.3. The van der Waals surface area contributed by atoms with Gasteiger partial charge in [-0.1, -0.05) is 156 Å². The van der Waals surface area contributed by atoms with E-state index < -0.39 is 0 Å². The highest BCUT2D eigenvalue weighted by atomic mass is 16.7. The van der Waals surface area contributed by atoms with Gasteiger partial charge < -0.3 is 23.8 Å². The number of rotatable bonds is 41. The molecule has 1 atom stereocenters. The van der Waals surface area contributed by atoms with E-state index in [2.05, 4.69) is 46.7 Å². The largest absolute Gasteiger partial charge is 0.466 e.